The lowest BCUT2D eigenvalue weighted by Gasteiger charge is -2.32. The smallest absolute Gasteiger partial charge is 0.410 e. The number of fused-ring (bicyclic) bond motifs is 1. The zero-order valence-corrected chi connectivity index (χ0v) is 22.6. The van der Waals surface area contributed by atoms with Gasteiger partial charge in [-0.2, -0.15) is 0 Å². The summed E-state index contributed by atoms with van der Waals surface area (Å²) in [5.41, 5.74) is 0.861. The number of hydrogen-bond acceptors (Lipinski definition) is 6. The minimum Gasteiger partial charge on any atom is -0.486 e. The van der Waals surface area contributed by atoms with Crippen molar-refractivity contribution in [3.05, 3.63) is 23.8 Å². The molecule has 36 heavy (non-hydrogen) atoms. The summed E-state index contributed by atoms with van der Waals surface area (Å²) < 4.78 is 17.8. The first kappa shape index (κ1) is 28.3. The molecule has 2 heterocycles. The summed E-state index contributed by atoms with van der Waals surface area (Å²) >= 11 is 0. The van der Waals surface area contributed by atoms with Crippen LogP contribution in [0.25, 0.3) is 0 Å². The molecular weight excluding hydrogens is 456 g/mol. The van der Waals surface area contributed by atoms with Crippen molar-refractivity contribution in [2.24, 2.45) is 5.92 Å². The molecule has 1 fully saturated rings. The third kappa shape index (κ3) is 8.39. The summed E-state index contributed by atoms with van der Waals surface area (Å²) in [4.78, 5) is 30.4. The van der Waals surface area contributed by atoms with Crippen LogP contribution in [-0.2, 0) is 9.53 Å². The summed E-state index contributed by atoms with van der Waals surface area (Å²) in [6.07, 6.45) is 8.12. The second-order valence-electron chi connectivity index (χ2n) is 10.1. The minimum atomic E-state index is -0.529. The third-order valence-corrected chi connectivity index (χ3v) is 7.31. The van der Waals surface area contributed by atoms with Gasteiger partial charge < -0.3 is 24.0 Å². The maximum absolute atomic E-state index is 13.1. The molecule has 2 aliphatic rings. The Morgan fingerprint density at radius 2 is 1.67 bits per heavy atom. The van der Waals surface area contributed by atoms with E-state index in [2.05, 4.69) is 11.8 Å². The van der Waals surface area contributed by atoms with E-state index in [-0.39, 0.29) is 17.8 Å². The Balaban J connectivity index is 1.83. The number of ether oxygens (including phenoxy) is 3. The van der Waals surface area contributed by atoms with Gasteiger partial charge in [0.05, 0.1) is 0 Å². The molecular formula is C29H46N2O5. The van der Waals surface area contributed by atoms with Gasteiger partial charge >= 0.3 is 6.09 Å². The SMILES string of the molecule is CCCCCCCC(=O)C[C@H](CN1CCCC1)[C@H](OC(=O)N(CC)CC)c1ccc2c(c1)OCCO2. The van der Waals surface area contributed by atoms with Gasteiger partial charge in [0, 0.05) is 38.4 Å². The average molecular weight is 503 g/mol. The van der Waals surface area contributed by atoms with Crippen LogP contribution in [0.1, 0.15) is 90.2 Å². The summed E-state index contributed by atoms with van der Waals surface area (Å²) in [6.45, 7) is 11.1. The van der Waals surface area contributed by atoms with Crippen molar-refractivity contribution >= 4 is 11.9 Å². The second kappa shape index (κ2) is 15.1. The van der Waals surface area contributed by atoms with E-state index < -0.39 is 6.10 Å². The molecule has 0 unspecified atom stereocenters. The van der Waals surface area contributed by atoms with Crippen LogP contribution in [0.3, 0.4) is 0 Å². The van der Waals surface area contributed by atoms with Crippen molar-refractivity contribution in [3.8, 4) is 11.5 Å². The number of carbonyl (C=O) groups excluding carboxylic acids is 2. The van der Waals surface area contributed by atoms with Crippen LogP contribution >= 0.6 is 0 Å². The number of Topliss-reactive ketones (excluding diaryl/α,β-unsaturated/α-hetero) is 1. The predicted molar refractivity (Wildman–Crippen MR) is 142 cm³/mol. The largest absolute Gasteiger partial charge is 0.486 e. The monoisotopic (exact) mass is 502 g/mol. The molecule has 0 aliphatic carbocycles. The fourth-order valence-electron chi connectivity index (χ4n) is 5.22. The fraction of sp³-hybridized carbons (Fsp3) is 0.724. The normalized spacial score (nSPS) is 17.0. The van der Waals surface area contributed by atoms with E-state index in [0.717, 1.165) is 38.0 Å². The lowest BCUT2D eigenvalue weighted by molar-refractivity contribution is -0.121. The van der Waals surface area contributed by atoms with Crippen LogP contribution in [0.15, 0.2) is 18.2 Å². The van der Waals surface area contributed by atoms with E-state index in [9.17, 15) is 9.59 Å². The molecule has 1 aromatic rings. The zero-order chi connectivity index (χ0) is 25.8. The molecule has 7 nitrogen and oxygen atoms in total. The third-order valence-electron chi connectivity index (χ3n) is 7.31. The van der Waals surface area contributed by atoms with Gasteiger partial charge in [0.1, 0.15) is 25.1 Å². The highest BCUT2D eigenvalue weighted by Gasteiger charge is 2.33. The molecule has 1 saturated heterocycles. The Bertz CT molecular complexity index is 820. The lowest BCUT2D eigenvalue weighted by Crippen LogP contribution is -2.37. The van der Waals surface area contributed by atoms with Crippen LogP contribution in [0, 0.1) is 5.92 Å². The lowest BCUT2D eigenvalue weighted by atomic mass is 9.89. The summed E-state index contributed by atoms with van der Waals surface area (Å²) in [5, 5.41) is 0. The van der Waals surface area contributed by atoms with E-state index >= 15 is 0 Å². The number of unbranched alkanes of at least 4 members (excludes halogenated alkanes) is 4. The van der Waals surface area contributed by atoms with Crippen LogP contribution < -0.4 is 9.47 Å². The Morgan fingerprint density at radius 3 is 2.36 bits per heavy atom. The van der Waals surface area contributed by atoms with Gasteiger partial charge in [-0.1, -0.05) is 38.7 Å². The molecule has 0 aromatic heterocycles. The molecule has 0 spiro atoms. The van der Waals surface area contributed by atoms with Crippen molar-refractivity contribution in [3.63, 3.8) is 0 Å². The summed E-state index contributed by atoms with van der Waals surface area (Å²) in [7, 11) is 0. The van der Waals surface area contributed by atoms with Gasteiger partial charge in [0.2, 0.25) is 0 Å². The number of benzene rings is 1. The fourth-order valence-corrected chi connectivity index (χ4v) is 5.22. The highest BCUT2D eigenvalue weighted by Crippen LogP contribution is 2.38. The Labute approximate surface area is 217 Å². The number of hydrogen-bond donors (Lipinski definition) is 0. The average Bonchev–Trinajstić information content (AvgIpc) is 3.40. The quantitative estimate of drug-likeness (QED) is 0.274. The van der Waals surface area contributed by atoms with Gasteiger partial charge in [-0.05, 0) is 63.9 Å². The van der Waals surface area contributed by atoms with Crippen molar-refractivity contribution in [2.75, 3.05) is 45.9 Å². The van der Waals surface area contributed by atoms with Gasteiger partial charge in [-0.25, -0.2) is 4.79 Å². The molecule has 202 valence electrons. The molecule has 2 atom stereocenters. The Hall–Kier alpha value is -2.28. The van der Waals surface area contributed by atoms with Crippen molar-refractivity contribution < 1.29 is 23.8 Å². The number of likely N-dealkylation sites (tertiary alicyclic amines) is 1. The molecule has 0 N–H and O–H groups in total. The Morgan fingerprint density at radius 1 is 0.972 bits per heavy atom. The number of ketones is 1. The highest BCUT2D eigenvalue weighted by molar-refractivity contribution is 5.78. The van der Waals surface area contributed by atoms with Crippen molar-refractivity contribution in [1.29, 1.82) is 0 Å². The minimum absolute atomic E-state index is 0.117. The standard InChI is InChI=1S/C29H46N2O5/c1-4-7-8-9-10-13-25(32)20-24(22-30-16-11-12-17-30)28(36-29(33)31(5-2)6-3)23-14-15-26-27(21-23)35-19-18-34-26/h14-15,21,24,28H,4-13,16-20,22H2,1-3H3/t24-,28-/m1/s1. The molecule has 0 bridgehead atoms. The number of carbonyl (C=O) groups is 2. The number of rotatable bonds is 15. The first-order valence-electron chi connectivity index (χ1n) is 14.1. The van der Waals surface area contributed by atoms with Crippen LogP contribution in [-0.4, -0.2) is 67.6 Å². The van der Waals surface area contributed by atoms with Crippen LogP contribution in [0.4, 0.5) is 4.79 Å². The van der Waals surface area contributed by atoms with Gasteiger partial charge in [-0.3, -0.25) is 4.79 Å². The number of nitrogens with zero attached hydrogens (tertiary/aromatic N) is 2. The Kier molecular flexibility index (Phi) is 11.9. The molecule has 2 aliphatic heterocycles. The highest BCUT2D eigenvalue weighted by atomic mass is 16.6. The van der Waals surface area contributed by atoms with Crippen molar-refractivity contribution in [2.45, 2.75) is 84.7 Å². The van der Waals surface area contributed by atoms with E-state index in [1.807, 2.05) is 32.0 Å². The first-order valence-corrected chi connectivity index (χ1v) is 14.1. The molecule has 1 amide bonds. The van der Waals surface area contributed by atoms with Gasteiger partial charge in [0.25, 0.3) is 0 Å². The molecule has 0 saturated carbocycles. The van der Waals surface area contributed by atoms with Crippen molar-refractivity contribution in [1.82, 2.24) is 9.80 Å². The second-order valence-corrected chi connectivity index (χ2v) is 10.1. The topological polar surface area (TPSA) is 68.3 Å². The van der Waals surface area contributed by atoms with Gasteiger partial charge in [0.15, 0.2) is 11.5 Å². The van der Waals surface area contributed by atoms with Crippen LogP contribution in [0.5, 0.6) is 11.5 Å². The maximum atomic E-state index is 13.1. The maximum Gasteiger partial charge on any atom is 0.410 e. The van der Waals surface area contributed by atoms with E-state index in [4.69, 9.17) is 14.2 Å². The predicted octanol–water partition coefficient (Wildman–Crippen LogP) is 6.01. The summed E-state index contributed by atoms with van der Waals surface area (Å²) in [6, 6.07) is 5.78. The number of amides is 1. The molecule has 3 rings (SSSR count). The molecule has 1 aromatic carbocycles. The molecule has 7 heteroatoms. The van der Waals surface area contributed by atoms with Crippen LogP contribution in [0.2, 0.25) is 0 Å². The summed E-state index contributed by atoms with van der Waals surface area (Å²) in [5.74, 6) is 1.52. The first-order chi connectivity index (χ1) is 17.5. The van der Waals surface area contributed by atoms with Gasteiger partial charge in [-0.15, -0.1) is 0 Å². The van der Waals surface area contributed by atoms with E-state index in [1.54, 1.807) is 4.90 Å². The zero-order valence-electron chi connectivity index (χ0n) is 22.6. The van der Waals surface area contributed by atoms with E-state index in [1.165, 1.54) is 32.1 Å². The molecule has 0 radical (unpaired) electrons. The van der Waals surface area contributed by atoms with E-state index in [0.29, 0.717) is 50.6 Å².